The molecule has 0 fully saturated rings. The predicted octanol–water partition coefficient (Wildman–Crippen LogP) is 5.78. The first-order valence-electron chi connectivity index (χ1n) is 8.84. The summed E-state index contributed by atoms with van der Waals surface area (Å²) < 4.78 is 6.49. The van der Waals surface area contributed by atoms with Crippen molar-refractivity contribution in [2.75, 3.05) is 0 Å². The van der Waals surface area contributed by atoms with Crippen LogP contribution in [0.2, 0.25) is 5.02 Å². The lowest BCUT2D eigenvalue weighted by atomic mass is 9.88. The summed E-state index contributed by atoms with van der Waals surface area (Å²) in [5.74, 6) is 0.881. The molecule has 2 aromatic carbocycles. The third-order valence-corrected chi connectivity index (χ3v) is 5.40. The number of aromatic amines is 1. The normalized spacial score (nSPS) is 12.6. The molecule has 1 atom stereocenters. The summed E-state index contributed by atoms with van der Waals surface area (Å²) in [5, 5.41) is 5.63. The molecule has 7 heteroatoms. The first-order chi connectivity index (χ1) is 13.4. The summed E-state index contributed by atoms with van der Waals surface area (Å²) in [6.07, 6.45) is 0. The summed E-state index contributed by atoms with van der Waals surface area (Å²) in [5.41, 5.74) is 1.90. The number of fused-ring (bicyclic) bond motifs is 1. The van der Waals surface area contributed by atoms with Gasteiger partial charge in [-0.05, 0) is 47.9 Å². The summed E-state index contributed by atoms with van der Waals surface area (Å²) in [4.78, 5) is 20.0. The zero-order valence-corrected chi connectivity index (χ0v) is 17.6. The SMILES string of the molecule is CC(C)[C@@H](c1ccc(Cl)cc1)c1nc(-c2cc3cc(Br)ccc3[nH]c2=O)no1. The van der Waals surface area contributed by atoms with E-state index in [0.29, 0.717) is 16.5 Å². The fourth-order valence-corrected chi connectivity index (χ4v) is 3.80. The van der Waals surface area contributed by atoms with Gasteiger partial charge in [0.15, 0.2) is 0 Å². The highest BCUT2D eigenvalue weighted by atomic mass is 79.9. The van der Waals surface area contributed by atoms with Crippen LogP contribution in [0.4, 0.5) is 0 Å². The number of pyridine rings is 1. The zero-order chi connectivity index (χ0) is 19.8. The van der Waals surface area contributed by atoms with Gasteiger partial charge >= 0.3 is 0 Å². The largest absolute Gasteiger partial charge is 0.338 e. The zero-order valence-electron chi connectivity index (χ0n) is 15.2. The highest BCUT2D eigenvalue weighted by Crippen LogP contribution is 2.32. The van der Waals surface area contributed by atoms with Crippen LogP contribution in [0.15, 0.2) is 62.3 Å². The minimum Gasteiger partial charge on any atom is -0.338 e. The van der Waals surface area contributed by atoms with Gasteiger partial charge in [0.2, 0.25) is 11.7 Å². The molecule has 4 rings (SSSR count). The topological polar surface area (TPSA) is 71.8 Å². The Kier molecular flexibility index (Phi) is 5.08. The van der Waals surface area contributed by atoms with Gasteiger partial charge in [-0.2, -0.15) is 4.98 Å². The molecule has 1 N–H and O–H groups in total. The molecule has 2 heterocycles. The van der Waals surface area contributed by atoms with Crippen molar-refractivity contribution in [2.45, 2.75) is 19.8 Å². The van der Waals surface area contributed by atoms with Crippen molar-refractivity contribution in [3.05, 3.63) is 79.8 Å². The highest BCUT2D eigenvalue weighted by molar-refractivity contribution is 9.10. The van der Waals surface area contributed by atoms with Crippen molar-refractivity contribution in [2.24, 2.45) is 5.92 Å². The minimum atomic E-state index is -0.255. The van der Waals surface area contributed by atoms with Gasteiger partial charge in [-0.3, -0.25) is 4.79 Å². The summed E-state index contributed by atoms with van der Waals surface area (Å²) in [6, 6.07) is 15.0. The van der Waals surface area contributed by atoms with Crippen molar-refractivity contribution in [1.29, 1.82) is 0 Å². The number of hydrogen-bond acceptors (Lipinski definition) is 4. The highest BCUT2D eigenvalue weighted by Gasteiger charge is 2.25. The van der Waals surface area contributed by atoms with Crippen LogP contribution in [0.3, 0.4) is 0 Å². The molecule has 0 aliphatic rings. The fraction of sp³-hybridized carbons (Fsp3) is 0.190. The van der Waals surface area contributed by atoms with Gasteiger partial charge in [0.05, 0.1) is 11.5 Å². The second-order valence-electron chi connectivity index (χ2n) is 6.97. The van der Waals surface area contributed by atoms with Gasteiger partial charge in [-0.1, -0.05) is 58.7 Å². The van der Waals surface area contributed by atoms with E-state index < -0.39 is 0 Å². The third kappa shape index (κ3) is 3.62. The molecule has 0 amide bonds. The Bertz CT molecular complexity index is 1200. The molecule has 0 bridgehead atoms. The minimum absolute atomic E-state index is 0.0906. The van der Waals surface area contributed by atoms with Gasteiger partial charge in [-0.15, -0.1) is 0 Å². The van der Waals surface area contributed by atoms with Crippen LogP contribution in [0, 0.1) is 5.92 Å². The third-order valence-electron chi connectivity index (χ3n) is 4.65. The van der Waals surface area contributed by atoms with E-state index in [1.807, 2.05) is 42.5 Å². The van der Waals surface area contributed by atoms with Crippen molar-refractivity contribution >= 4 is 38.4 Å². The Morgan fingerprint density at radius 3 is 2.57 bits per heavy atom. The van der Waals surface area contributed by atoms with E-state index in [1.165, 1.54) is 0 Å². The number of benzene rings is 2. The van der Waals surface area contributed by atoms with E-state index in [1.54, 1.807) is 6.07 Å². The summed E-state index contributed by atoms with van der Waals surface area (Å²) in [6.45, 7) is 4.17. The molecular weight excluding hydrogens is 442 g/mol. The average Bonchev–Trinajstić information content (AvgIpc) is 3.12. The molecule has 142 valence electrons. The molecule has 0 saturated carbocycles. The van der Waals surface area contributed by atoms with Crippen molar-refractivity contribution < 1.29 is 4.52 Å². The maximum atomic E-state index is 12.5. The number of H-pyrrole nitrogens is 1. The molecule has 0 radical (unpaired) electrons. The van der Waals surface area contributed by atoms with Crippen LogP contribution in [-0.2, 0) is 0 Å². The summed E-state index contributed by atoms with van der Waals surface area (Å²) in [7, 11) is 0. The van der Waals surface area contributed by atoms with Crippen LogP contribution < -0.4 is 5.56 Å². The summed E-state index contributed by atoms with van der Waals surface area (Å²) >= 11 is 9.46. The van der Waals surface area contributed by atoms with Gasteiger partial charge in [0.25, 0.3) is 5.56 Å². The molecule has 0 spiro atoms. The second-order valence-corrected chi connectivity index (χ2v) is 8.33. The Balaban J connectivity index is 1.78. The molecule has 0 saturated heterocycles. The second kappa shape index (κ2) is 7.53. The van der Waals surface area contributed by atoms with Crippen LogP contribution in [0.1, 0.15) is 31.2 Å². The predicted molar refractivity (Wildman–Crippen MR) is 114 cm³/mol. The number of nitrogens with zero attached hydrogens (tertiary/aromatic N) is 2. The van der Waals surface area contributed by atoms with E-state index in [9.17, 15) is 4.79 Å². The maximum Gasteiger partial charge on any atom is 0.259 e. The lowest BCUT2D eigenvalue weighted by molar-refractivity contribution is 0.341. The van der Waals surface area contributed by atoms with E-state index in [-0.39, 0.29) is 23.2 Å². The van der Waals surface area contributed by atoms with Crippen LogP contribution >= 0.6 is 27.5 Å². The van der Waals surface area contributed by atoms with E-state index >= 15 is 0 Å². The quantitative estimate of drug-likeness (QED) is 0.420. The molecule has 0 unspecified atom stereocenters. The van der Waals surface area contributed by atoms with E-state index in [4.69, 9.17) is 16.1 Å². The fourth-order valence-electron chi connectivity index (χ4n) is 3.30. The number of rotatable bonds is 4. The van der Waals surface area contributed by atoms with Crippen LogP contribution in [0.5, 0.6) is 0 Å². The molecular formula is C21H17BrClN3O2. The molecule has 2 aromatic heterocycles. The van der Waals surface area contributed by atoms with Crippen LogP contribution in [0.25, 0.3) is 22.3 Å². The first kappa shape index (κ1) is 18.9. The van der Waals surface area contributed by atoms with Crippen molar-refractivity contribution in [3.63, 3.8) is 0 Å². The standard InChI is InChI=1S/C21H17BrClN3O2/c1-11(2)18(12-3-6-15(23)7-4-12)21-25-19(26-28-21)16-10-13-9-14(22)5-8-17(13)24-20(16)27/h3-11,18H,1-2H3,(H,24,27)/t18-/m0/s1. The molecule has 0 aliphatic heterocycles. The molecule has 0 aliphatic carbocycles. The lowest BCUT2D eigenvalue weighted by Crippen LogP contribution is -2.11. The molecule has 28 heavy (non-hydrogen) atoms. The Hall–Kier alpha value is -2.44. The van der Waals surface area contributed by atoms with Crippen molar-refractivity contribution in [1.82, 2.24) is 15.1 Å². The van der Waals surface area contributed by atoms with Crippen molar-refractivity contribution in [3.8, 4) is 11.4 Å². The lowest BCUT2D eigenvalue weighted by Gasteiger charge is -2.17. The number of hydrogen-bond donors (Lipinski definition) is 1. The Labute approximate surface area is 174 Å². The maximum absolute atomic E-state index is 12.5. The van der Waals surface area contributed by atoms with E-state index in [0.717, 1.165) is 20.9 Å². The van der Waals surface area contributed by atoms with Gasteiger partial charge in [0.1, 0.15) is 0 Å². The number of halogens is 2. The van der Waals surface area contributed by atoms with Crippen LogP contribution in [-0.4, -0.2) is 15.1 Å². The smallest absolute Gasteiger partial charge is 0.259 e. The van der Waals surface area contributed by atoms with Gasteiger partial charge in [-0.25, -0.2) is 0 Å². The average molecular weight is 459 g/mol. The Morgan fingerprint density at radius 1 is 1.11 bits per heavy atom. The van der Waals surface area contributed by atoms with E-state index in [2.05, 4.69) is 44.9 Å². The number of nitrogens with one attached hydrogen (secondary N) is 1. The number of aromatic nitrogens is 3. The van der Waals surface area contributed by atoms with Gasteiger partial charge < -0.3 is 9.51 Å². The first-order valence-corrected chi connectivity index (χ1v) is 10.0. The molecule has 5 nitrogen and oxygen atoms in total. The van der Waals surface area contributed by atoms with Gasteiger partial charge in [0, 0.05) is 20.4 Å². The monoisotopic (exact) mass is 457 g/mol. The Morgan fingerprint density at radius 2 is 1.86 bits per heavy atom. The molecule has 4 aromatic rings.